The van der Waals surface area contributed by atoms with Gasteiger partial charge in [0.15, 0.2) is 6.10 Å². The van der Waals surface area contributed by atoms with Crippen LogP contribution < -0.4 is 10.4 Å². The molecule has 0 bridgehead atoms. The van der Waals surface area contributed by atoms with Gasteiger partial charge in [-0.1, -0.05) is 134 Å². The number of esters is 1. The SMILES string of the molecule is [2H]CC(C)C(=O)O[C@H]1[C@H](O)[C@@H](CO[Si](c2ccccc2)(c2ccccc2)C(C)(C)C)OC(SCCCCCCCC)[C@@H]1O. The van der Waals surface area contributed by atoms with Crippen LogP contribution in [0.25, 0.3) is 0 Å². The van der Waals surface area contributed by atoms with Crippen LogP contribution in [-0.2, 0) is 18.7 Å². The molecule has 6 atom stereocenters. The molecule has 3 rings (SSSR count). The maximum absolute atomic E-state index is 12.7. The minimum Gasteiger partial charge on any atom is -0.456 e. The lowest BCUT2D eigenvalue weighted by molar-refractivity contribution is -0.221. The minimum atomic E-state index is -2.92. The third-order valence-electron chi connectivity index (χ3n) is 7.96. The second-order valence-corrected chi connectivity index (χ2v) is 18.0. The molecular weight excluding hydrogens is 565 g/mol. The highest BCUT2D eigenvalue weighted by Crippen LogP contribution is 2.38. The predicted molar refractivity (Wildman–Crippen MR) is 175 cm³/mol. The average Bonchev–Trinajstić information content (AvgIpc) is 3.00. The number of aliphatic hydroxyl groups is 2. The van der Waals surface area contributed by atoms with Crippen LogP contribution in [0.15, 0.2) is 60.7 Å². The fraction of sp³-hybridized carbons (Fsp3) is 0.618. The number of aliphatic hydroxyl groups excluding tert-OH is 2. The monoisotopic (exact) mass is 617 g/mol. The van der Waals surface area contributed by atoms with Crippen molar-refractivity contribution < 1.29 is 30.3 Å². The molecule has 234 valence electrons. The fourth-order valence-electron chi connectivity index (χ4n) is 5.62. The van der Waals surface area contributed by atoms with Crippen LogP contribution in [0.4, 0.5) is 0 Å². The normalized spacial score (nSPS) is 24.2. The van der Waals surface area contributed by atoms with E-state index in [1.807, 2.05) is 36.4 Å². The van der Waals surface area contributed by atoms with Crippen LogP contribution in [0.3, 0.4) is 0 Å². The first kappa shape index (κ1) is 33.2. The molecule has 0 aromatic heterocycles. The van der Waals surface area contributed by atoms with Gasteiger partial charge in [-0.15, -0.1) is 11.8 Å². The van der Waals surface area contributed by atoms with E-state index >= 15 is 0 Å². The Labute approximate surface area is 260 Å². The molecule has 6 nitrogen and oxygen atoms in total. The van der Waals surface area contributed by atoms with Crippen LogP contribution in [0, 0.1) is 5.92 Å². The van der Waals surface area contributed by atoms with Crippen molar-refractivity contribution in [2.24, 2.45) is 5.92 Å². The van der Waals surface area contributed by atoms with Crippen molar-refractivity contribution in [2.45, 2.75) is 115 Å². The third kappa shape index (κ3) is 8.70. The number of thioether (sulfide) groups is 1. The quantitative estimate of drug-likeness (QED) is 0.151. The molecule has 0 aliphatic carbocycles. The van der Waals surface area contributed by atoms with Gasteiger partial charge in [0.1, 0.15) is 23.7 Å². The summed E-state index contributed by atoms with van der Waals surface area (Å²) in [5, 5.41) is 24.7. The highest BCUT2D eigenvalue weighted by molar-refractivity contribution is 7.99. The summed E-state index contributed by atoms with van der Waals surface area (Å²) in [5.41, 5.74) is -0.684. The average molecular weight is 618 g/mol. The van der Waals surface area contributed by atoms with Crippen molar-refractivity contribution in [3.8, 4) is 0 Å². The minimum absolute atomic E-state index is 0.0668. The molecule has 42 heavy (non-hydrogen) atoms. The summed E-state index contributed by atoms with van der Waals surface area (Å²) in [5.74, 6) is -0.481. The van der Waals surface area contributed by atoms with Crippen LogP contribution in [-0.4, -0.2) is 66.7 Å². The summed E-state index contributed by atoms with van der Waals surface area (Å²) in [4.78, 5) is 12.7. The number of hydrogen-bond acceptors (Lipinski definition) is 7. The smallest absolute Gasteiger partial charge is 0.308 e. The molecule has 0 saturated carbocycles. The van der Waals surface area contributed by atoms with E-state index in [0.29, 0.717) is 0 Å². The van der Waals surface area contributed by atoms with E-state index in [4.69, 9.17) is 15.3 Å². The number of unbranched alkanes of at least 4 members (excludes halogenated alkanes) is 5. The summed E-state index contributed by atoms with van der Waals surface area (Å²) in [6, 6.07) is 20.5. The van der Waals surface area contributed by atoms with E-state index < -0.39 is 50.1 Å². The Hall–Kier alpha value is -1.68. The zero-order valence-corrected chi connectivity index (χ0v) is 27.9. The maximum atomic E-state index is 12.7. The first-order valence-corrected chi connectivity index (χ1v) is 18.4. The van der Waals surface area contributed by atoms with Crippen molar-refractivity contribution in [3.63, 3.8) is 0 Å². The molecule has 8 heteroatoms. The molecule has 0 radical (unpaired) electrons. The summed E-state index contributed by atoms with van der Waals surface area (Å²) < 4.78 is 26.7. The molecule has 1 heterocycles. The Morgan fingerprint density at radius 2 is 1.55 bits per heavy atom. The van der Waals surface area contributed by atoms with Crippen molar-refractivity contribution in [3.05, 3.63) is 60.7 Å². The number of ether oxygens (including phenoxy) is 2. The molecule has 2 aromatic rings. The van der Waals surface area contributed by atoms with Crippen molar-refractivity contribution in [1.29, 1.82) is 0 Å². The van der Waals surface area contributed by atoms with E-state index in [2.05, 4.69) is 52.0 Å². The Bertz CT molecular complexity index is 1050. The van der Waals surface area contributed by atoms with E-state index in [9.17, 15) is 15.0 Å². The summed E-state index contributed by atoms with van der Waals surface area (Å²) in [7, 11) is -2.92. The number of carbonyl (C=O) groups is 1. The lowest BCUT2D eigenvalue weighted by Crippen LogP contribution is -2.68. The summed E-state index contributed by atoms with van der Waals surface area (Å²) in [6.45, 7) is 10.3. The van der Waals surface area contributed by atoms with E-state index in [0.717, 1.165) is 29.0 Å². The maximum Gasteiger partial charge on any atom is 0.308 e. The molecule has 2 aromatic carbocycles. The van der Waals surface area contributed by atoms with Crippen molar-refractivity contribution >= 4 is 36.4 Å². The molecule has 2 N–H and O–H groups in total. The second-order valence-electron chi connectivity index (χ2n) is 12.4. The number of rotatable bonds is 15. The predicted octanol–water partition coefficient (Wildman–Crippen LogP) is 5.67. The van der Waals surface area contributed by atoms with Gasteiger partial charge in [0.25, 0.3) is 8.32 Å². The zero-order chi connectivity index (χ0) is 31.5. The number of carbonyl (C=O) groups excluding carboxylic acids is 1. The van der Waals surface area contributed by atoms with Crippen LogP contribution in [0.1, 0.15) is 81.4 Å². The van der Waals surface area contributed by atoms with Gasteiger partial charge < -0.3 is 24.1 Å². The Morgan fingerprint density at radius 3 is 2.10 bits per heavy atom. The molecule has 0 spiro atoms. The van der Waals surface area contributed by atoms with Gasteiger partial charge in [-0.25, -0.2) is 0 Å². The van der Waals surface area contributed by atoms with E-state index in [1.165, 1.54) is 37.4 Å². The lowest BCUT2D eigenvalue weighted by Gasteiger charge is -2.46. The standard InChI is InChI=1S/C34H52O6SSi/c1-7-8-9-10-11-18-23-41-33-30(36)31(40-32(37)25(2)3)29(35)28(39-33)24-38-42(34(4,5)6,26-19-14-12-15-20-26)27-21-16-13-17-22-27/h12-17,19-22,25,28-31,33,35-36H,7-11,18,23-24H2,1-6H3/t28-,29-,30-,31+,33?/m1/s1/i2D/t25?,28-,29-,30-,31+,33?. The molecule has 1 saturated heterocycles. The van der Waals surface area contributed by atoms with E-state index in [-0.39, 0.29) is 18.5 Å². The highest BCUT2D eigenvalue weighted by atomic mass is 32.2. The van der Waals surface area contributed by atoms with Gasteiger partial charge in [0.2, 0.25) is 0 Å². The molecular formula is C34H52O6SSi. The number of hydrogen-bond donors (Lipinski definition) is 2. The van der Waals surface area contributed by atoms with Crippen LogP contribution in [0.5, 0.6) is 0 Å². The molecule has 2 unspecified atom stereocenters. The van der Waals surface area contributed by atoms with Gasteiger partial charge in [0, 0.05) is 1.37 Å². The fourth-order valence-corrected chi connectivity index (χ4v) is 11.4. The lowest BCUT2D eigenvalue weighted by atomic mass is 10.00. The Morgan fingerprint density at radius 1 is 0.976 bits per heavy atom. The van der Waals surface area contributed by atoms with E-state index in [1.54, 1.807) is 6.92 Å². The van der Waals surface area contributed by atoms with Crippen LogP contribution in [0.2, 0.25) is 5.04 Å². The van der Waals surface area contributed by atoms with Gasteiger partial charge in [0.05, 0.1) is 12.5 Å². The summed E-state index contributed by atoms with van der Waals surface area (Å²) >= 11 is 1.50. The first-order valence-electron chi connectivity index (χ1n) is 16.2. The largest absolute Gasteiger partial charge is 0.456 e. The molecule has 1 aliphatic heterocycles. The van der Waals surface area contributed by atoms with Gasteiger partial charge in [-0.3, -0.25) is 4.79 Å². The van der Waals surface area contributed by atoms with Gasteiger partial charge in [-0.05, 0) is 27.6 Å². The highest BCUT2D eigenvalue weighted by Gasteiger charge is 2.53. The van der Waals surface area contributed by atoms with Gasteiger partial charge >= 0.3 is 5.97 Å². The third-order valence-corrected chi connectivity index (χ3v) is 14.2. The molecule has 0 amide bonds. The Balaban J connectivity index is 1.87. The van der Waals surface area contributed by atoms with Gasteiger partial charge in [-0.2, -0.15) is 0 Å². The number of benzene rings is 2. The topological polar surface area (TPSA) is 85.2 Å². The molecule has 1 aliphatic rings. The Kier molecular flexibility index (Phi) is 13.0. The second kappa shape index (κ2) is 16.4. The van der Waals surface area contributed by atoms with Crippen molar-refractivity contribution in [2.75, 3.05) is 12.4 Å². The van der Waals surface area contributed by atoms with Crippen molar-refractivity contribution in [1.82, 2.24) is 0 Å². The first-order chi connectivity index (χ1) is 20.6. The van der Waals surface area contributed by atoms with Crippen LogP contribution >= 0.6 is 11.8 Å². The molecule has 1 fully saturated rings. The zero-order valence-electron chi connectivity index (χ0n) is 27.0. The summed E-state index contributed by atoms with van der Waals surface area (Å²) in [6.07, 6.45) is 2.46.